The topological polar surface area (TPSA) is 54.8 Å². The first kappa shape index (κ1) is 16.1. The second-order valence-electron chi connectivity index (χ2n) is 5.15. The smallest absolute Gasteiger partial charge is 0.248 e. The quantitative estimate of drug-likeness (QED) is 0.699. The van der Waals surface area contributed by atoms with E-state index in [1.807, 2.05) is 30.3 Å². The lowest BCUT2D eigenvalue weighted by molar-refractivity contribution is 0.585. The van der Waals surface area contributed by atoms with E-state index in [1.165, 1.54) is 12.4 Å². The Kier molecular flexibility index (Phi) is 5.12. The Balaban J connectivity index is 1.54. The third-order valence-corrected chi connectivity index (χ3v) is 3.59. The maximum atomic E-state index is 13.6. The predicted molar refractivity (Wildman–Crippen MR) is 95.0 cm³/mol. The summed E-state index contributed by atoms with van der Waals surface area (Å²) in [6, 6.07) is 16.5. The van der Waals surface area contributed by atoms with Crippen LogP contribution in [0.3, 0.4) is 0 Å². The van der Waals surface area contributed by atoms with Crippen LogP contribution in [0.15, 0.2) is 60.9 Å². The zero-order valence-corrected chi connectivity index (χ0v) is 13.6. The summed E-state index contributed by atoms with van der Waals surface area (Å²) in [6.45, 7) is 0.925. The van der Waals surface area contributed by atoms with Gasteiger partial charge >= 0.3 is 0 Å². The fourth-order valence-electron chi connectivity index (χ4n) is 2.15. The van der Waals surface area contributed by atoms with Gasteiger partial charge in [0.15, 0.2) is 5.11 Å². The Morgan fingerprint density at radius 3 is 2.62 bits per heavy atom. The Hall–Kier alpha value is -2.80. The summed E-state index contributed by atoms with van der Waals surface area (Å²) in [5.74, 6) is 0.111. The highest BCUT2D eigenvalue weighted by atomic mass is 32.1. The van der Waals surface area contributed by atoms with Gasteiger partial charge in [-0.15, -0.1) is 5.10 Å². The van der Waals surface area contributed by atoms with E-state index in [0.717, 1.165) is 5.56 Å². The minimum Gasteiger partial charge on any atom is -0.358 e. The van der Waals surface area contributed by atoms with Gasteiger partial charge in [0.25, 0.3) is 0 Å². The molecule has 1 aromatic heterocycles. The van der Waals surface area contributed by atoms with Crippen molar-refractivity contribution in [3.8, 4) is 0 Å². The van der Waals surface area contributed by atoms with Crippen LogP contribution in [0.1, 0.15) is 11.1 Å². The van der Waals surface area contributed by atoms with Crippen molar-refractivity contribution in [2.75, 3.05) is 5.32 Å². The number of nitrogens with one attached hydrogen (secondary N) is 2. The van der Waals surface area contributed by atoms with Crippen molar-refractivity contribution < 1.29 is 4.39 Å². The molecule has 0 fully saturated rings. The molecule has 0 saturated heterocycles. The molecule has 24 heavy (non-hydrogen) atoms. The van der Waals surface area contributed by atoms with E-state index >= 15 is 0 Å². The first-order valence-electron chi connectivity index (χ1n) is 7.42. The molecule has 3 aromatic rings. The van der Waals surface area contributed by atoms with Crippen LogP contribution in [0.2, 0.25) is 0 Å². The minimum atomic E-state index is -0.262. The van der Waals surface area contributed by atoms with Crippen LogP contribution in [-0.2, 0) is 13.1 Å². The summed E-state index contributed by atoms with van der Waals surface area (Å²) in [7, 11) is 0. The fraction of sp³-hybridized carbons (Fsp3) is 0.118. The molecule has 0 unspecified atom stereocenters. The summed E-state index contributed by atoms with van der Waals surface area (Å²) in [4.78, 5) is 4.13. The average molecular weight is 341 g/mol. The lowest BCUT2D eigenvalue weighted by Gasteiger charge is -2.07. The first-order chi connectivity index (χ1) is 11.7. The third kappa shape index (κ3) is 4.36. The van der Waals surface area contributed by atoms with Crippen molar-refractivity contribution in [1.82, 2.24) is 20.1 Å². The number of thiocarbonyl (C=S) groups is 1. The number of halogens is 1. The second-order valence-corrected chi connectivity index (χ2v) is 5.56. The molecule has 0 radical (unpaired) electrons. The van der Waals surface area contributed by atoms with Crippen molar-refractivity contribution in [2.45, 2.75) is 13.1 Å². The van der Waals surface area contributed by atoms with Gasteiger partial charge in [0.1, 0.15) is 12.1 Å². The van der Waals surface area contributed by atoms with Crippen LogP contribution >= 0.6 is 12.2 Å². The monoisotopic (exact) mass is 341 g/mol. The van der Waals surface area contributed by atoms with Crippen molar-refractivity contribution in [3.63, 3.8) is 0 Å². The second kappa shape index (κ2) is 7.65. The SMILES string of the molecule is Fc1ccccc1Cn1cnc(NC(=S)NCc2ccccc2)n1. The lowest BCUT2D eigenvalue weighted by atomic mass is 10.2. The molecular formula is C17H16FN5S. The van der Waals surface area contributed by atoms with Crippen LogP contribution < -0.4 is 10.6 Å². The van der Waals surface area contributed by atoms with Crippen molar-refractivity contribution in [1.29, 1.82) is 0 Å². The van der Waals surface area contributed by atoms with E-state index in [9.17, 15) is 4.39 Å². The highest BCUT2D eigenvalue weighted by Gasteiger charge is 2.06. The molecule has 0 aliphatic heterocycles. The Labute approximate surface area is 144 Å². The van der Waals surface area contributed by atoms with Gasteiger partial charge in [-0.05, 0) is 23.8 Å². The van der Waals surface area contributed by atoms with E-state index in [4.69, 9.17) is 12.2 Å². The minimum absolute atomic E-state index is 0.262. The molecule has 0 bridgehead atoms. The molecule has 3 rings (SSSR count). The van der Waals surface area contributed by atoms with Crippen LogP contribution in [-0.4, -0.2) is 19.9 Å². The van der Waals surface area contributed by atoms with Crippen molar-refractivity contribution >= 4 is 23.3 Å². The van der Waals surface area contributed by atoms with Gasteiger partial charge in [-0.25, -0.2) is 14.1 Å². The molecule has 0 saturated carbocycles. The van der Waals surface area contributed by atoms with Gasteiger partial charge in [0.2, 0.25) is 5.95 Å². The largest absolute Gasteiger partial charge is 0.358 e. The van der Waals surface area contributed by atoms with Crippen molar-refractivity contribution in [2.24, 2.45) is 0 Å². The molecule has 2 aromatic carbocycles. The molecule has 122 valence electrons. The lowest BCUT2D eigenvalue weighted by Crippen LogP contribution is -2.28. The molecule has 1 heterocycles. The molecule has 7 heteroatoms. The number of aromatic nitrogens is 3. The maximum absolute atomic E-state index is 13.6. The normalized spacial score (nSPS) is 10.4. The van der Waals surface area contributed by atoms with Crippen LogP contribution in [0.5, 0.6) is 0 Å². The van der Waals surface area contributed by atoms with Gasteiger partial charge in [-0.3, -0.25) is 5.32 Å². The van der Waals surface area contributed by atoms with Gasteiger partial charge in [-0.1, -0.05) is 48.5 Å². The predicted octanol–water partition coefficient (Wildman–Crippen LogP) is 2.95. The Morgan fingerprint density at radius 2 is 1.83 bits per heavy atom. The highest BCUT2D eigenvalue weighted by Crippen LogP contribution is 2.08. The molecule has 2 N–H and O–H groups in total. The summed E-state index contributed by atoms with van der Waals surface area (Å²) in [5, 5.41) is 10.7. The molecule has 5 nitrogen and oxygen atoms in total. The summed E-state index contributed by atoms with van der Waals surface area (Å²) in [6.07, 6.45) is 1.54. The standard InChI is InChI=1S/C17H16FN5S/c18-15-9-5-4-8-14(15)11-23-12-20-16(22-23)21-17(24)19-10-13-6-2-1-3-7-13/h1-9,12H,10-11H2,(H2,19,21,22,24). The number of hydrogen-bond acceptors (Lipinski definition) is 3. The number of nitrogens with zero attached hydrogens (tertiary/aromatic N) is 3. The summed E-state index contributed by atoms with van der Waals surface area (Å²) >= 11 is 5.22. The van der Waals surface area contributed by atoms with E-state index in [0.29, 0.717) is 29.7 Å². The molecule has 0 aliphatic rings. The van der Waals surface area contributed by atoms with Gasteiger partial charge in [0, 0.05) is 12.1 Å². The summed E-state index contributed by atoms with van der Waals surface area (Å²) < 4.78 is 15.2. The zero-order chi connectivity index (χ0) is 16.8. The van der Waals surface area contributed by atoms with E-state index in [2.05, 4.69) is 20.7 Å². The van der Waals surface area contributed by atoms with Gasteiger partial charge in [-0.2, -0.15) is 0 Å². The Morgan fingerprint density at radius 1 is 1.08 bits per heavy atom. The molecule has 0 aliphatic carbocycles. The van der Waals surface area contributed by atoms with E-state index < -0.39 is 0 Å². The average Bonchev–Trinajstić information content (AvgIpc) is 3.03. The van der Waals surface area contributed by atoms with Gasteiger partial charge < -0.3 is 5.32 Å². The van der Waals surface area contributed by atoms with Crippen molar-refractivity contribution in [3.05, 3.63) is 77.9 Å². The van der Waals surface area contributed by atoms with Gasteiger partial charge in [0.05, 0.1) is 6.54 Å². The van der Waals surface area contributed by atoms with Crippen LogP contribution in [0.4, 0.5) is 10.3 Å². The third-order valence-electron chi connectivity index (χ3n) is 3.35. The molecule has 0 amide bonds. The van der Waals surface area contributed by atoms with E-state index in [1.54, 1.807) is 22.9 Å². The zero-order valence-electron chi connectivity index (χ0n) is 12.8. The first-order valence-corrected chi connectivity index (χ1v) is 7.83. The fourth-order valence-corrected chi connectivity index (χ4v) is 2.32. The number of rotatable bonds is 5. The van der Waals surface area contributed by atoms with E-state index in [-0.39, 0.29) is 5.82 Å². The van der Waals surface area contributed by atoms with Crippen LogP contribution in [0.25, 0.3) is 0 Å². The Bertz CT molecular complexity index is 819. The number of hydrogen-bond donors (Lipinski definition) is 2. The molecular weight excluding hydrogens is 325 g/mol. The highest BCUT2D eigenvalue weighted by molar-refractivity contribution is 7.80. The maximum Gasteiger partial charge on any atom is 0.248 e. The molecule has 0 spiro atoms. The number of anilines is 1. The summed E-state index contributed by atoms with van der Waals surface area (Å²) in [5.41, 5.74) is 1.68. The number of benzene rings is 2. The molecule has 0 atom stereocenters. The van der Waals surface area contributed by atoms with Crippen LogP contribution in [0, 0.1) is 5.82 Å².